The van der Waals surface area contributed by atoms with Gasteiger partial charge in [-0.1, -0.05) is 31.0 Å². The van der Waals surface area contributed by atoms with Crippen LogP contribution in [0.25, 0.3) is 0 Å². The summed E-state index contributed by atoms with van der Waals surface area (Å²) in [6.45, 7) is 7.33. The molecule has 1 saturated carbocycles. The molecule has 1 unspecified atom stereocenters. The molecule has 2 saturated heterocycles. The van der Waals surface area contributed by atoms with E-state index in [0.29, 0.717) is 32.2 Å². The lowest BCUT2D eigenvalue weighted by Crippen LogP contribution is -2.60. The van der Waals surface area contributed by atoms with E-state index in [4.69, 9.17) is 0 Å². The van der Waals surface area contributed by atoms with Gasteiger partial charge < -0.3 is 15.1 Å². The number of aryl methyl sites for hydroxylation is 2. The molecule has 4 rings (SSSR count). The van der Waals surface area contributed by atoms with Gasteiger partial charge in [-0.25, -0.2) is 0 Å². The van der Waals surface area contributed by atoms with E-state index < -0.39 is 6.04 Å². The van der Waals surface area contributed by atoms with Crippen molar-refractivity contribution in [2.75, 3.05) is 32.7 Å². The van der Waals surface area contributed by atoms with Crippen molar-refractivity contribution in [2.24, 2.45) is 0 Å². The Bertz CT molecular complexity index is 849. The zero-order chi connectivity index (χ0) is 22.0. The van der Waals surface area contributed by atoms with Crippen molar-refractivity contribution in [2.45, 2.75) is 64.6 Å². The number of hydrogen-bond acceptors (Lipinski definition) is 4. The first-order valence-electron chi connectivity index (χ1n) is 11.6. The van der Waals surface area contributed by atoms with Crippen molar-refractivity contribution in [3.05, 3.63) is 34.9 Å². The van der Waals surface area contributed by atoms with Crippen LogP contribution < -0.4 is 5.32 Å². The minimum absolute atomic E-state index is 0.0291. The van der Waals surface area contributed by atoms with E-state index in [1.807, 2.05) is 4.90 Å². The third kappa shape index (κ3) is 4.92. The molecule has 1 aromatic rings. The Balaban J connectivity index is 1.34. The molecule has 1 aromatic carbocycles. The molecule has 7 nitrogen and oxygen atoms in total. The summed E-state index contributed by atoms with van der Waals surface area (Å²) in [7, 11) is 0. The van der Waals surface area contributed by atoms with E-state index in [-0.39, 0.29) is 30.7 Å². The zero-order valence-corrected chi connectivity index (χ0v) is 18.7. The van der Waals surface area contributed by atoms with Crippen molar-refractivity contribution in [3.63, 3.8) is 0 Å². The lowest BCUT2D eigenvalue weighted by molar-refractivity contribution is -0.148. The Labute approximate surface area is 184 Å². The Hall–Kier alpha value is -2.41. The second kappa shape index (κ2) is 9.39. The predicted octanol–water partition coefficient (Wildman–Crippen LogP) is 1.61. The zero-order valence-electron chi connectivity index (χ0n) is 18.7. The minimum Gasteiger partial charge on any atom is -0.353 e. The number of carbonyl (C=O) groups is 3. The highest BCUT2D eigenvalue weighted by Gasteiger charge is 2.38. The van der Waals surface area contributed by atoms with Crippen LogP contribution in [0.2, 0.25) is 0 Å². The molecule has 0 bridgehead atoms. The Morgan fingerprint density at radius 3 is 2.55 bits per heavy atom. The lowest BCUT2D eigenvalue weighted by atomic mass is 10.0. The quantitative estimate of drug-likeness (QED) is 0.776. The van der Waals surface area contributed by atoms with Gasteiger partial charge in [-0.2, -0.15) is 0 Å². The molecular formula is C24H34N4O3. The van der Waals surface area contributed by atoms with Crippen LogP contribution in [0.1, 0.15) is 48.8 Å². The van der Waals surface area contributed by atoms with Crippen LogP contribution in [-0.2, 0) is 20.9 Å². The normalized spacial score (nSPS) is 23.4. The number of piperazine rings is 2. The van der Waals surface area contributed by atoms with Crippen molar-refractivity contribution < 1.29 is 14.4 Å². The van der Waals surface area contributed by atoms with Gasteiger partial charge in [-0.15, -0.1) is 0 Å². The summed E-state index contributed by atoms with van der Waals surface area (Å²) < 4.78 is 0. The van der Waals surface area contributed by atoms with Crippen LogP contribution >= 0.6 is 0 Å². The van der Waals surface area contributed by atoms with Gasteiger partial charge in [0.2, 0.25) is 17.7 Å². The summed E-state index contributed by atoms with van der Waals surface area (Å²) in [5.41, 5.74) is 3.57. The molecule has 7 heteroatoms. The van der Waals surface area contributed by atoms with E-state index >= 15 is 0 Å². The van der Waals surface area contributed by atoms with Crippen LogP contribution in [-0.4, -0.2) is 77.2 Å². The molecule has 3 amide bonds. The molecule has 1 aliphatic carbocycles. The van der Waals surface area contributed by atoms with Crippen LogP contribution in [0.4, 0.5) is 0 Å². The largest absolute Gasteiger partial charge is 0.353 e. The first-order valence-corrected chi connectivity index (χ1v) is 11.6. The summed E-state index contributed by atoms with van der Waals surface area (Å²) in [6, 6.07) is 6.26. The molecule has 168 valence electrons. The number of nitrogens with one attached hydrogen (secondary N) is 1. The van der Waals surface area contributed by atoms with E-state index in [1.165, 1.54) is 24.0 Å². The fraction of sp³-hybridized carbons (Fsp3) is 0.625. The molecular weight excluding hydrogens is 392 g/mol. The SMILES string of the molecule is Cc1ccc(CN2CCN(C(=O)CC3C(=O)NCCN3C3CCCC3)CC2=O)cc1C. The average molecular weight is 427 g/mol. The number of carbonyl (C=O) groups excluding carboxylic acids is 3. The van der Waals surface area contributed by atoms with Gasteiger partial charge in [-0.3, -0.25) is 19.3 Å². The molecule has 3 aliphatic rings. The first kappa shape index (κ1) is 21.8. The number of hydrogen-bond donors (Lipinski definition) is 1. The average Bonchev–Trinajstić information content (AvgIpc) is 3.28. The fourth-order valence-corrected chi connectivity index (χ4v) is 5.12. The highest BCUT2D eigenvalue weighted by molar-refractivity contribution is 5.91. The summed E-state index contributed by atoms with van der Waals surface area (Å²) >= 11 is 0. The van der Waals surface area contributed by atoms with Gasteiger partial charge in [-0.05, 0) is 43.4 Å². The second-order valence-electron chi connectivity index (χ2n) is 9.24. The molecule has 0 aromatic heterocycles. The maximum atomic E-state index is 13.0. The first-order chi connectivity index (χ1) is 14.9. The summed E-state index contributed by atoms with van der Waals surface area (Å²) in [4.78, 5) is 44.0. The van der Waals surface area contributed by atoms with Crippen LogP contribution in [0.15, 0.2) is 18.2 Å². The van der Waals surface area contributed by atoms with Crippen LogP contribution in [0.3, 0.4) is 0 Å². The van der Waals surface area contributed by atoms with Crippen molar-refractivity contribution in [1.29, 1.82) is 0 Å². The second-order valence-corrected chi connectivity index (χ2v) is 9.24. The van der Waals surface area contributed by atoms with E-state index in [1.54, 1.807) is 4.90 Å². The number of rotatable bonds is 5. The number of amides is 3. The standard InChI is InChI=1S/C24H34N4O3/c1-17-7-8-19(13-18(17)2)15-26-11-12-27(16-23(26)30)22(29)14-21-24(31)25-9-10-28(21)20-5-3-4-6-20/h7-8,13,20-21H,3-6,9-12,14-16H2,1-2H3,(H,25,31). The smallest absolute Gasteiger partial charge is 0.242 e. The minimum atomic E-state index is -0.409. The molecule has 0 spiro atoms. The highest BCUT2D eigenvalue weighted by atomic mass is 16.2. The number of benzene rings is 1. The maximum absolute atomic E-state index is 13.0. The van der Waals surface area contributed by atoms with Gasteiger partial charge in [0.1, 0.15) is 0 Å². The molecule has 2 heterocycles. The van der Waals surface area contributed by atoms with Crippen molar-refractivity contribution in [1.82, 2.24) is 20.0 Å². The Kier molecular flexibility index (Phi) is 6.60. The van der Waals surface area contributed by atoms with Gasteiger partial charge in [0.25, 0.3) is 0 Å². The summed E-state index contributed by atoms with van der Waals surface area (Å²) in [6.07, 6.45) is 4.76. The van der Waals surface area contributed by atoms with Gasteiger partial charge in [0.05, 0.1) is 19.0 Å². The van der Waals surface area contributed by atoms with Crippen LogP contribution in [0, 0.1) is 13.8 Å². The van der Waals surface area contributed by atoms with E-state index in [9.17, 15) is 14.4 Å². The molecule has 2 aliphatic heterocycles. The van der Waals surface area contributed by atoms with Gasteiger partial charge in [0.15, 0.2) is 0 Å². The highest BCUT2D eigenvalue weighted by Crippen LogP contribution is 2.27. The third-order valence-corrected chi connectivity index (χ3v) is 7.15. The molecule has 1 N–H and O–H groups in total. The third-order valence-electron chi connectivity index (χ3n) is 7.15. The van der Waals surface area contributed by atoms with Gasteiger partial charge in [0, 0.05) is 38.8 Å². The lowest BCUT2D eigenvalue weighted by Gasteiger charge is -2.40. The fourth-order valence-electron chi connectivity index (χ4n) is 5.12. The Morgan fingerprint density at radius 1 is 1.06 bits per heavy atom. The number of nitrogens with zero attached hydrogens (tertiary/aromatic N) is 3. The maximum Gasteiger partial charge on any atom is 0.242 e. The van der Waals surface area contributed by atoms with E-state index in [2.05, 4.69) is 42.3 Å². The summed E-state index contributed by atoms with van der Waals surface area (Å²) in [5, 5.41) is 2.92. The topological polar surface area (TPSA) is 73.0 Å². The van der Waals surface area contributed by atoms with E-state index in [0.717, 1.165) is 24.9 Å². The molecule has 3 fully saturated rings. The summed E-state index contributed by atoms with van der Waals surface area (Å²) in [5.74, 6) is -0.172. The molecule has 1 atom stereocenters. The molecule has 31 heavy (non-hydrogen) atoms. The monoisotopic (exact) mass is 426 g/mol. The molecule has 0 radical (unpaired) electrons. The van der Waals surface area contributed by atoms with Crippen molar-refractivity contribution >= 4 is 17.7 Å². The predicted molar refractivity (Wildman–Crippen MR) is 118 cm³/mol. The van der Waals surface area contributed by atoms with Gasteiger partial charge >= 0.3 is 0 Å². The Morgan fingerprint density at radius 2 is 1.84 bits per heavy atom. The van der Waals surface area contributed by atoms with Crippen molar-refractivity contribution in [3.8, 4) is 0 Å². The van der Waals surface area contributed by atoms with Crippen LogP contribution in [0.5, 0.6) is 0 Å².